The van der Waals surface area contributed by atoms with Crippen LogP contribution in [0.2, 0.25) is 0 Å². The number of benzene rings is 1. The first kappa shape index (κ1) is 15.7. The minimum atomic E-state index is -1.01. The maximum atomic E-state index is 11.0. The summed E-state index contributed by atoms with van der Waals surface area (Å²) in [5.41, 5.74) is 1.03. The molecule has 1 aromatic rings. The molecule has 0 saturated heterocycles. The summed E-state index contributed by atoms with van der Waals surface area (Å²) in [4.78, 5) is 11.0. The molecule has 19 heavy (non-hydrogen) atoms. The van der Waals surface area contributed by atoms with E-state index in [0.717, 1.165) is 10.5 Å². The molecule has 0 aliphatic rings. The third kappa shape index (κ3) is 4.05. The van der Waals surface area contributed by atoms with Crippen LogP contribution in [0.3, 0.4) is 0 Å². The minimum Gasteiger partial charge on any atom is -0.508 e. The second kappa shape index (κ2) is 6.18. The molecule has 1 aromatic carbocycles. The molecule has 0 radical (unpaired) electrons. The summed E-state index contributed by atoms with van der Waals surface area (Å²) >= 11 is 3.27. The summed E-state index contributed by atoms with van der Waals surface area (Å²) in [5, 5.41) is 28.5. The molecular weight excluding hydrogens is 314 g/mol. The fourth-order valence-corrected chi connectivity index (χ4v) is 1.94. The third-order valence-electron chi connectivity index (χ3n) is 2.76. The molecule has 1 amide bonds. The van der Waals surface area contributed by atoms with Crippen LogP contribution in [0, 0.1) is 5.41 Å². The summed E-state index contributed by atoms with van der Waals surface area (Å²) in [7, 11) is 0. The predicted molar refractivity (Wildman–Crippen MR) is 73.6 cm³/mol. The zero-order valence-electron chi connectivity index (χ0n) is 10.6. The van der Waals surface area contributed by atoms with Crippen LogP contribution in [-0.4, -0.2) is 21.3 Å². The standard InChI is InChI=1S/C13H16BrNO4/c1-13(2,6-5-11(17)15-19)12(18)9-7-8(14)3-4-10(9)16/h3-7,12,16,18-19H,1-2H3,(H,15,17)/b6-5+/t12-/m0/s1. The summed E-state index contributed by atoms with van der Waals surface area (Å²) in [5.74, 6) is -0.706. The van der Waals surface area contributed by atoms with E-state index in [-0.39, 0.29) is 5.75 Å². The largest absolute Gasteiger partial charge is 0.508 e. The van der Waals surface area contributed by atoms with Crippen molar-refractivity contribution in [3.63, 3.8) is 0 Å². The highest BCUT2D eigenvalue weighted by molar-refractivity contribution is 9.10. The van der Waals surface area contributed by atoms with E-state index in [0.29, 0.717) is 5.56 Å². The average Bonchev–Trinajstić information content (AvgIpc) is 2.38. The summed E-state index contributed by atoms with van der Waals surface area (Å²) < 4.78 is 0.729. The van der Waals surface area contributed by atoms with Crippen molar-refractivity contribution >= 4 is 21.8 Å². The third-order valence-corrected chi connectivity index (χ3v) is 3.26. The fourth-order valence-electron chi connectivity index (χ4n) is 1.56. The van der Waals surface area contributed by atoms with Crippen molar-refractivity contribution in [1.82, 2.24) is 5.48 Å². The Bertz CT molecular complexity index is 499. The Balaban J connectivity index is 3.03. The topological polar surface area (TPSA) is 89.8 Å². The Morgan fingerprint density at radius 1 is 1.47 bits per heavy atom. The van der Waals surface area contributed by atoms with Gasteiger partial charge in [0.2, 0.25) is 0 Å². The van der Waals surface area contributed by atoms with Crippen LogP contribution in [0.4, 0.5) is 0 Å². The van der Waals surface area contributed by atoms with Crippen molar-refractivity contribution < 1.29 is 20.2 Å². The Kier molecular flexibility index (Phi) is 5.11. The maximum Gasteiger partial charge on any atom is 0.267 e. The van der Waals surface area contributed by atoms with Gasteiger partial charge in [-0.3, -0.25) is 10.0 Å². The molecule has 4 N–H and O–H groups in total. The number of phenols is 1. The lowest BCUT2D eigenvalue weighted by Gasteiger charge is -2.28. The Morgan fingerprint density at radius 3 is 2.68 bits per heavy atom. The van der Waals surface area contributed by atoms with Gasteiger partial charge in [-0.1, -0.05) is 35.9 Å². The Hall–Kier alpha value is -1.37. The normalized spacial score (nSPS) is 13.5. The van der Waals surface area contributed by atoms with Gasteiger partial charge in [0, 0.05) is 21.5 Å². The van der Waals surface area contributed by atoms with Crippen molar-refractivity contribution in [2.75, 3.05) is 0 Å². The van der Waals surface area contributed by atoms with Gasteiger partial charge in [0.15, 0.2) is 0 Å². The molecule has 0 spiro atoms. The SMILES string of the molecule is CC(C)(/C=C/C(=O)NO)[C@@H](O)c1cc(Br)ccc1O. The molecule has 5 nitrogen and oxygen atoms in total. The van der Waals surface area contributed by atoms with Gasteiger partial charge >= 0.3 is 0 Å². The van der Waals surface area contributed by atoms with E-state index in [1.165, 1.54) is 17.6 Å². The first-order valence-corrected chi connectivity index (χ1v) is 6.37. The second-order valence-corrected chi connectivity index (χ2v) is 5.65. The van der Waals surface area contributed by atoms with Gasteiger partial charge in [0.1, 0.15) is 5.75 Å². The second-order valence-electron chi connectivity index (χ2n) is 4.74. The van der Waals surface area contributed by atoms with Crippen LogP contribution in [0.1, 0.15) is 25.5 Å². The average molecular weight is 330 g/mol. The van der Waals surface area contributed by atoms with Gasteiger partial charge in [-0.05, 0) is 18.2 Å². The number of hydrogen-bond donors (Lipinski definition) is 4. The number of aliphatic hydroxyl groups is 1. The van der Waals surface area contributed by atoms with Crippen LogP contribution in [0.5, 0.6) is 5.75 Å². The van der Waals surface area contributed by atoms with E-state index >= 15 is 0 Å². The zero-order valence-corrected chi connectivity index (χ0v) is 12.2. The highest BCUT2D eigenvalue weighted by Crippen LogP contribution is 2.39. The predicted octanol–water partition coefficient (Wildman–Crippen LogP) is 2.28. The van der Waals surface area contributed by atoms with Gasteiger partial charge < -0.3 is 10.2 Å². The molecule has 0 heterocycles. The van der Waals surface area contributed by atoms with Crippen LogP contribution >= 0.6 is 15.9 Å². The van der Waals surface area contributed by atoms with Gasteiger partial charge in [-0.25, -0.2) is 5.48 Å². The lowest BCUT2D eigenvalue weighted by molar-refractivity contribution is -0.124. The summed E-state index contributed by atoms with van der Waals surface area (Å²) in [6.07, 6.45) is 1.58. The molecular formula is C13H16BrNO4. The lowest BCUT2D eigenvalue weighted by atomic mass is 9.82. The maximum absolute atomic E-state index is 11.0. The molecule has 0 aromatic heterocycles. The Morgan fingerprint density at radius 2 is 2.11 bits per heavy atom. The molecule has 0 aliphatic carbocycles. The molecule has 1 rings (SSSR count). The Labute approximate surface area is 119 Å². The van der Waals surface area contributed by atoms with Crippen molar-refractivity contribution in [1.29, 1.82) is 0 Å². The molecule has 0 fully saturated rings. The van der Waals surface area contributed by atoms with Crippen molar-refractivity contribution in [3.8, 4) is 5.75 Å². The molecule has 6 heteroatoms. The number of rotatable bonds is 4. The van der Waals surface area contributed by atoms with Gasteiger partial charge in [-0.2, -0.15) is 0 Å². The van der Waals surface area contributed by atoms with E-state index in [2.05, 4.69) is 15.9 Å². The monoisotopic (exact) mass is 329 g/mol. The first-order chi connectivity index (χ1) is 8.77. The molecule has 0 saturated carbocycles. The number of phenolic OH excluding ortho intramolecular Hbond substituents is 1. The minimum absolute atomic E-state index is 0.0243. The fraction of sp³-hybridized carbons (Fsp3) is 0.308. The van der Waals surface area contributed by atoms with Crippen LogP contribution in [0.15, 0.2) is 34.8 Å². The number of nitrogens with one attached hydrogen (secondary N) is 1. The summed E-state index contributed by atoms with van der Waals surface area (Å²) in [6, 6.07) is 4.75. The number of hydroxylamine groups is 1. The van der Waals surface area contributed by atoms with Gasteiger partial charge in [0.25, 0.3) is 5.91 Å². The number of amides is 1. The molecule has 0 aliphatic heterocycles. The van der Waals surface area contributed by atoms with Crippen LogP contribution in [-0.2, 0) is 4.79 Å². The first-order valence-electron chi connectivity index (χ1n) is 5.57. The highest BCUT2D eigenvalue weighted by Gasteiger charge is 2.28. The smallest absolute Gasteiger partial charge is 0.267 e. The summed E-state index contributed by atoms with van der Waals surface area (Å²) in [6.45, 7) is 3.42. The van der Waals surface area contributed by atoms with Gasteiger partial charge in [0.05, 0.1) is 6.10 Å². The van der Waals surface area contributed by atoms with E-state index in [9.17, 15) is 15.0 Å². The molecule has 1 atom stereocenters. The van der Waals surface area contributed by atoms with Gasteiger partial charge in [-0.15, -0.1) is 0 Å². The van der Waals surface area contributed by atoms with Crippen molar-refractivity contribution in [2.24, 2.45) is 5.41 Å². The van der Waals surface area contributed by atoms with Crippen molar-refractivity contribution in [3.05, 3.63) is 40.4 Å². The number of carbonyl (C=O) groups excluding carboxylic acids is 1. The van der Waals surface area contributed by atoms with Crippen molar-refractivity contribution in [2.45, 2.75) is 20.0 Å². The number of hydrogen-bond acceptors (Lipinski definition) is 4. The molecule has 0 bridgehead atoms. The van der Waals surface area contributed by atoms with E-state index in [1.54, 1.807) is 26.0 Å². The molecule has 104 valence electrons. The number of aliphatic hydroxyl groups excluding tert-OH is 1. The van der Waals surface area contributed by atoms with Crippen LogP contribution < -0.4 is 5.48 Å². The van der Waals surface area contributed by atoms with E-state index in [4.69, 9.17) is 5.21 Å². The van der Waals surface area contributed by atoms with E-state index in [1.807, 2.05) is 0 Å². The zero-order chi connectivity index (χ0) is 14.6. The highest BCUT2D eigenvalue weighted by atomic mass is 79.9. The quantitative estimate of drug-likeness (QED) is 0.387. The number of carbonyl (C=O) groups is 1. The number of halogens is 1. The lowest BCUT2D eigenvalue weighted by Crippen LogP contribution is -2.22. The van der Waals surface area contributed by atoms with E-state index < -0.39 is 17.4 Å². The van der Waals surface area contributed by atoms with Crippen LogP contribution in [0.25, 0.3) is 0 Å². The number of aromatic hydroxyl groups is 1. The molecule has 0 unspecified atom stereocenters.